The number of likely N-dealkylation sites (tertiary alicyclic amines) is 1. The van der Waals surface area contributed by atoms with Crippen LogP contribution in [0.15, 0.2) is 53.5 Å². The first-order valence-electron chi connectivity index (χ1n) is 18.5. The van der Waals surface area contributed by atoms with Gasteiger partial charge < -0.3 is 21.5 Å². The van der Waals surface area contributed by atoms with Crippen molar-refractivity contribution in [1.29, 1.82) is 0 Å². The number of carbonyl (C=O) groups excluding carboxylic acids is 2. The summed E-state index contributed by atoms with van der Waals surface area (Å²) in [7, 11) is 0. The van der Waals surface area contributed by atoms with Crippen LogP contribution in [0.5, 0.6) is 5.75 Å². The van der Waals surface area contributed by atoms with E-state index in [4.69, 9.17) is 5.73 Å². The van der Waals surface area contributed by atoms with Gasteiger partial charge in [0.25, 0.3) is 0 Å². The number of carbonyl (C=O) groups is 2. The quantitative estimate of drug-likeness (QED) is 0.103. The molecule has 6 atom stereocenters. The van der Waals surface area contributed by atoms with E-state index >= 15 is 0 Å². The Hall–Kier alpha value is -3.39. The summed E-state index contributed by atoms with van der Waals surface area (Å²) in [6, 6.07) is 15.9. The van der Waals surface area contributed by atoms with Gasteiger partial charge in [-0.15, -0.1) is 0 Å². The molecule has 8 nitrogen and oxygen atoms in total. The third-order valence-electron chi connectivity index (χ3n) is 11.6. The highest BCUT2D eigenvalue weighted by molar-refractivity contribution is 5.95. The molecule has 0 spiro atoms. The van der Waals surface area contributed by atoms with E-state index in [0.29, 0.717) is 30.7 Å². The lowest BCUT2D eigenvalue weighted by atomic mass is 9.59. The molecule has 1 heterocycles. The number of nitrogens with two attached hydrogens (primary N) is 1. The van der Waals surface area contributed by atoms with Crippen molar-refractivity contribution in [2.24, 2.45) is 28.5 Å². The Morgan fingerprint density at radius 1 is 1.12 bits per heavy atom. The maximum Gasteiger partial charge on any atom is 0.242 e. The molecule has 2 aliphatic carbocycles. The number of phenolic OH excluding ortho intramolecular Hbond substituents is 1. The topological polar surface area (TPSA) is 120 Å². The predicted molar refractivity (Wildman–Crippen MR) is 194 cm³/mol. The molecule has 5 N–H and O–H groups in total. The number of hydrogen-bond donors (Lipinski definition) is 4. The number of rotatable bonds is 16. The van der Waals surface area contributed by atoms with Crippen LogP contribution in [0.4, 0.5) is 0 Å². The lowest BCUT2D eigenvalue weighted by Gasteiger charge is -2.55. The van der Waals surface area contributed by atoms with Gasteiger partial charge in [-0.3, -0.25) is 19.5 Å². The third kappa shape index (κ3) is 7.74. The third-order valence-corrected chi connectivity index (χ3v) is 11.6. The number of amides is 2. The van der Waals surface area contributed by atoms with Gasteiger partial charge in [-0.05, 0) is 110 Å². The second kappa shape index (κ2) is 15.4. The Labute approximate surface area is 288 Å². The monoisotopic (exact) mass is 657 g/mol. The summed E-state index contributed by atoms with van der Waals surface area (Å²) < 4.78 is 0. The van der Waals surface area contributed by atoms with Crippen molar-refractivity contribution in [2.75, 3.05) is 26.2 Å². The van der Waals surface area contributed by atoms with Gasteiger partial charge in [-0.25, -0.2) is 0 Å². The smallest absolute Gasteiger partial charge is 0.242 e. The summed E-state index contributed by atoms with van der Waals surface area (Å²) in [6.07, 6.45) is 7.98. The molecule has 8 heteroatoms. The van der Waals surface area contributed by atoms with Crippen LogP contribution in [-0.2, 0) is 26.8 Å². The average Bonchev–Trinajstić information content (AvgIpc) is 3.79. The summed E-state index contributed by atoms with van der Waals surface area (Å²) in [5.41, 5.74) is 8.96. The molecule has 5 rings (SSSR count). The predicted octanol–water partition coefficient (Wildman–Crippen LogP) is 5.85. The molecule has 48 heavy (non-hydrogen) atoms. The fraction of sp³-hybridized carbons (Fsp3) is 0.625. The standard InChI is InChI=1S/C40H59N5O3/c1-6-13-36(41)42-19-11-8-12-20-43-37(47)34(22-27(2)3)44-38(48)40(30-14-9-7-10-15-30)25-31(40)26-45-21-18-39(5)28(4)35(45)23-29-16-17-32(46)24-33(29)39/h7,9-10,14-17,24,27-28,31,34-35,46H,6,8,11-13,18-23,25-26H2,1-5H3,(H2,41,42)(H,43,47)(H,44,48)/t28-,31-,34+,35+,39+,40+/m0/s1. The molecule has 2 aromatic rings. The first-order valence-corrected chi connectivity index (χ1v) is 18.5. The van der Waals surface area contributed by atoms with Crippen LogP contribution in [0.25, 0.3) is 0 Å². The van der Waals surface area contributed by atoms with E-state index in [0.717, 1.165) is 82.4 Å². The summed E-state index contributed by atoms with van der Waals surface area (Å²) in [5.74, 6) is 1.81. The van der Waals surface area contributed by atoms with Gasteiger partial charge in [0.05, 0.1) is 11.3 Å². The molecule has 2 bridgehead atoms. The van der Waals surface area contributed by atoms with Crippen molar-refractivity contribution in [2.45, 2.75) is 115 Å². The minimum atomic E-state index is -0.640. The van der Waals surface area contributed by atoms with Crippen LogP contribution >= 0.6 is 0 Å². The number of nitrogens with zero attached hydrogens (tertiary/aromatic N) is 2. The fourth-order valence-corrected chi connectivity index (χ4v) is 8.55. The summed E-state index contributed by atoms with van der Waals surface area (Å²) in [6.45, 7) is 14.1. The van der Waals surface area contributed by atoms with E-state index in [1.807, 2.05) is 30.3 Å². The van der Waals surface area contributed by atoms with E-state index in [1.165, 1.54) is 11.1 Å². The van der Waals surface area contributed by atoms with Crippen LogP contribution in [-0.4, -0.2) is 65.9 Å². The van der Waals surface area contributed by atoms with Crippen molar-refractivity contribution in [3.8, 4) is 5.75 Å². The maximum atomic E-state index is 14.4. The van der Waals surface area contributed by atoms with Crippen LogP contribution in [0, 0.1) is 17.8 Å². The van der Waals surface area contributed by atoms with Crippen molar-refractivity contribution >= 4 is 17.6 Å². The number of phenols is 1. The summed E-state index contributed by atoms with van der Waals surface area (Å²) in [4.78, 5) is 34.9. The number of amidine groups is 1. The Balaban J connectivity index is 1.24. The minimum absolute atomic E-state index is 0.0265. The SMILES string of the molecule is CCCC(N)=NCCCCCNC(=O)[C@@H](CC(C)C)NC(=O)[C@@]1(c2ccccc2)C[C@H]1CN1CC[C@@]2(C)c3cc(O)ccc3C[C@@H]1[C@@H]2C. The molecule has 1 saturated carbocycles. The number of aliphatic imine (C=N–C) groups is 1. The van der Waals surface area contributed by atoms with Crippen molar-refractivity contribution in [1.82, 2.24) is 15.5 Å². The van der Waals surface area contributed by atoms with E-state index in [1.54, 1.807) is 0 Å². The molecular weight excluding hydrogens is 598 g/mol. The van der Waals surface area contributed by atoms with E-state index < -0.39 is 11.5 Å². The van der Waals surface area contributed by atoms with Crippen molar-refractivity contribution in [3.63, 3.8) is 0 Å². The minimum Gasteiger partial charge on any atom is -0.508 e. The molecule has 2 amide bonds. The first-order chi connectivity index (χ1) is 23.0. The van der Waals surface area contributed by atoms with Gasteiger partial charge in [0.2, 0.25) is 11.8 Å². The van der Waals surface area contributed by atoms with Gasteiger partial charge >= 0.3 is 0 Å². The lowest BCUT2D eigenvalue weighted by molar-refractivity contribution is -0.131. The summed E-state index contributed by atoms with van der Waals surface area (Å²) in [5, 5.41) is 16.6. The molecule has 0 radical (unpaired) electrons. The maximum absolute atomic E-state index is 14.4. The zero-order valence-electron chi connectivity index (χ0n) is 29.9. The molecule has 0 aromatic heterocycles. The molecule has 1 aliphatic heterocycles. The van der Waals surface area contributed by atoms with Gasteiger partial charge in [0.1, 0.15) is 11.8 Å². The van der Waals surface area contributed by atoms with E-state index in [9.17, 15) is 14.7 Å². The largest absolute Gasteiger partial charge is 0.508 e. The van der Waals surface area contributed by atoms with Crippen molar-refractivity contribution in [3.05, 3.63) is 65.2 Å². The van der Waals surface area contributed by atoms with Crippen LogP contribution in [0.2, 0.25) is 0 Å². The van der Waals surface area contributed by atoms with Gasteiger partial charge in [0, 0.05) is 32.1 Å². The Morgan fingerprint density at radius 2 is 1.90 bits per heavy atom. The molecule has 2 aromatic carbocycles. The lowest BCUT2D eigenvalue weighted by Crippen LogP contribution is -2.58. The van der Waals surface area contributed by atoms with Crippen LogP contribution < -0.4 is 16.4 Å². The highest BCUT2D eigenvalue weighted by atomic mass is 16.3. The van der Waals surface area contributed by atoms with Gasteiger partial charge in [-0.1, -0.05) is 71.0 Å². The second-order valence-corrected chi connectivity index (χ2v) is 15.4. The number of fused-ring (bicyclic) bond motifs is 4. The number of hydrogen-bond acceptors (Lipinski definition) is 5. The second-order valence-electron chi connectivity index (χ2n) is 15.4. The average molecular weight is 658 g/mol. The number of nitrogens with one attached hydrogen (secondary N) is 2. The first kappa shape index (κ1) is 35.9. The Bertz CT molecular complexity index is 1440. The van der Waals surface area contributed by atoms with E-state index in [-0.39, 0.29) is 29.1 Å². The van der Waals surface area contributed by atoms with Crippen LogP contribution in [0.3, 0.4) is 0 Å². The number of aromatic hydroxyl groups is 1. The molecule has 2 fully saturated rings. The van der Waals surface area contributed by atoms with Gasteiger partial charge in [0.15, 0.2) is 0 Å². The van der Waals surface area contributed by atoms with E-state index in [2.05, 4.69) is 73.3 Å². The highest BCUT2D eigenvalue weighted by Gasteiger charge is 2.62. The molecule has 1 saturated heterocycles. The number of unbranched alkanes of at least 4 members (excludes halogenated alkanes) is 2. The molecule has 3 aliphatic rings. The van der Waals surface area contributed by atoms with Gasteiger partial charge in [-0.2, -0.15) is 0 Å². The molecule has 262 valence electrons. The molecule has 0 unspecified atom stereocenters. The number of piperidine rings is 1. The number of benzene rings is 2. The Morgan fingerprint density at radius 3 is 2.62 bits per heavy atom. The fourth-order valence-electron chi connectivity index (χ4n) is 8.55. The normalized spacial score (nSPS) is 27.3. The Kier molecular flexibility index (Phi) is 11.5. The van der Waals surface area contributed by atoms with Crippen molar-refractivity contribution < 1.29 is 14.7 Å². The summed E-state index contributed by atoms with van der Waals surface area (Å²) >= 11 is 0. The molecular formula is C40H59N5O3. The highest BCUT2D eigenvalue weighted by Crippen LogP contribution is 2.57. The zero-order chi connectivity index (χ0) is 34.5. The zero-order valence-corrected chi connectivity index (χ0v) is 29.9. The van der Waals surface area contributed by atoms with Crippen LogP contribution in [0.1, 0.15) is 103 Å².